The molecule has 0 amide bonds. The van der Waals surface area contributed by atoms with Crippen LogP contribution >= 0.6 is 11.8 Å². The zero-order valence-electron chi connectivity index (χ0n) is 11.9. The summed E-state index contributed by atoms with van der Waals surface area (Å²) in [6, 6.07) is 1.70. The Morgan fingerprint density at radius 3 is 2.80 bits per heavy atom. The summed E-state index contributed by atoms with van der Waals surface area (Å²) in [4.78, 5) is 7.26. The predicted octanol–water partition coefficient (Wildman–Crippen LogP) is 1.79. The summed E-state index contributed by atoms with van der Waals surface area (Å²) in [7, 11) is 2.27. The van der Waals surface area contributed by atoms with Crippen LogP contribution in [0.25, 0.3) is 0 Å². The molecule has 0 spiro atoms. The van der Waals surface area contributed by atoms with Gasteiger partial charge >= 0.3 is 0 Å². The molecule has 3 saturated heterocycles. The van der Waals surface area contributed by atoms with E-state index in [1.54, 1.807) is 0 Å². The van der Waals surface area contributed by atoms with Crippen molar-refractivity contribution < 1.29 is 4.52 Å². The molecule has 110 valence electrons. The van der Waals surface area contributed by atoms with Crippen molar-refractivity contribution in [2.24, 2.45) is 0 Å². The maximum absolute atomic E-state index is 5.52. The normalized spacial score (nSPS) is 38.2. The van der Waals surface area contributed by atoms with Crippen LogP contribution in [0, 0.1) is 0 Å². The van der Waals surface area contributed by atoms with Gasteiger partial charge in [-0.15, -0.1) is 0 Å². The molecular formula is C14H22N4OS. The highest BCUT2D eigenvalue weighted by Crippen LogP contribution is 2.41. The van der Waals surface area contributed by atoms with Gasteiger partial charge in [0.15, 0.2) is 5.82 Å². The summed E-state index contributed by atoms with van der Waals surface area (Å²) in [6.45, 7) is 1.03. The smallest absolute Gasteiger partial charge is 0.244 e. The van der Waals surface area contributed by atoms with E-state index in [-0.39, 0.29) is 6.04 Å². The standard InChI is InChI=1S/C14H22N4OS/c1-18-10-2-3-11(18)7-9(6-10)13-16-14(19-17-13)12-8-20-5-4-15-12/h9-12,15H,2-8H2,1H3. The molecule has 6 heteroatoms. The fourth-order valence-electron chi connectivity index (χ4n) is 3.90. The molecule has 2 bridgehead atoms. The van der Waals surface area contributed by atoms with E-state index in [2.05, 4.69) is 22.4 Å². The number of piperidine rings is 1. The van der Waals surface area contributed by atoms with E-state index < -0.39 is 0 Å². The fraction of sp³-hybridized carbons (Fsp3) is 0.857. The molecule has 5 nitrogen and oxygen atoms in total. The third-order valence-corrected chi connectivity index (χ3v) is 6.20. The van der Waals surface area contributed by atoms with Crippen LogP contribution in [0.4, 0.5) is 0 Å². The van der Waals surface area contributed by atoms with Gasteiger partial charge in [-0.05, 0) is 32.7 Å². The van der Waals surface area contributed by atoms with Crippen LogP contribution in [0.2, 0.25) is 0 Å². The van der Waals surface area contributed by atoms with Gasteiger partial charge in [0.25, 0.3) is 0 Å². The van der Waals surface area contributed by atoms with E-state index in [0.717, 1.165) is 36.1 Å². The third kappa shape index (κ3) is 2.27. The molecule has 20 heavy (non-hydrogen) atoms. The summed E-state index contributed by atoms with van der Waals surface area (Å²) >= 11 is 1.96. The van der Waals surface area contributed by atoms with Crippen LogP contribution in [0.5, 0.6) is 0 Å². The number of nitrogens with one attached hydrogen (secondary N) is 1. The van der Waals surface area contributed by atoms with Crippen LogP contribution in [-0.2, 0) is 0 Å². The second kappa shape index (κ2) is 5.31. The second-order valence-electron chi connectivity index (χ2n) is 6.29. The van der Waals surface area contributed by atoms with E-state index >= 15 is 0 Å². The number of thioether (sulfide) groups is 1. The molecule has 3 aliphatic heterocycles. The van der Waals surface area contributed by atoms with Crippen molar-refractivity contribution in [3.63, 3.8) is 0 Å². The lowest BCUT2D eigenvalue weighted by Gasteiger charge is -2.34. The van der Waals surface area contributed by atoms with E-state index in [0.29, 0.717) is 5.92 Å². The Hall–Kier alpha value is -0.590. The molecule has 3 unspecified atom stereocenters. The molecule has 3 fully saturated rings. The van der Waals surface area contributed by atoms with Crippen LogP contribution in [0.3, 0.4) is 0 Å². The van der Waals surface area contributed by atoms with Crippen molar-refractivity contribution in [2.45, 2.75) is 49.7 Å². The van der Waals surface area contributed by atoms with Crippen molar-refractivity contribution >= 4 is 11.8 Å². The van der Waals surface area contributed by atoms with Gasteiger partial charge in [-0.2, -0.15) is 16.7 Å². The minimum atomic E-state index is 0.248. The van der Waals surface area contributed by atoms with Crippen LogP contribution in [0.1, 0.15) is 49.4 Å². The maximum atomic E-state index is 5.52. The Bertz CT molecular complexity index is 459. The average molecular weight is 294 g/mol. The molecule has 1 aromatic heterocycles. The monoisotopic (exact) mass is 294 g/mol. The third-order valence-electron chi connectivity index (χ3n) is 5.14. The number of fused-ring (bicyclic) bond motifs is 2. The largest absolute Gasteiger partial charge is 0.338 e. The highest BCUT2D eigenvalue weighted by atomic mass is 32.2. The summed E-state index contributed by atoms with van der Waals surface area (Å²) in [6.07, 6.45) is 5.06. The minimum absolute atomic E-state index is 0.248. The summed E-state index contributed by atoms with van der Waals surface area (Å²) in [5, 5.41) is 7.75. The SMILES string of the molecule is CN1C2CCC1CC(c1noc(C3CSCCN3)n1)C2. The van der Waals surface area contributed by atoms with E-state index in [9.17, 15) is 0 Å². The fourth-order valence-corrected chi connectivity index (χ4v) is 4.83. The highest BCUT2D eigenvalue weighted by Gasteiger charge is 2.40. The first-order valence-electron chi connectivity index (χ1n) is 7.68. The summed E-state index contributed by atoms with van der Waals surface area (Å²) in [5.41, 5.74) is 0. The molecule has 0 aromatic carbocycles. The topological polar surface area (TPSA) is 54.2 Å². The average Bonchev–Trinajstić information content (AvgIpc) is 3.03. The first-order chi connectivity index (χ1) is 9.81. The highest BCUT2D eigenvalue weighted by molar-refractivity contribution is 7.99. The molecule has 4 heterocycles. The lowest BCUT2D eigenvalue weighted by molar-refractivity contribution is 0.157. The first-order valence-corrected chi connectivity index (χ1v) is 8.83. The molecular weight excluding hydrogens is 272 g/mol. The van der Waals surface area contributed by atoms with E-state index in [4.69, 9.17) is 9.51 Å². The quantitative estimate of drug-likeness (QED) is 0.897. The lowest BCUT2D eigenvalue weighted by atomic mass is 9.90. The Kier molecular flexibility index (Phi) is 3.48. The van der Waals surface area contributed by atoms with Gasteiger partial charge in [0, 0.05) is 36.1 Å². The van der Waals surface area contributed by atoms with Gasteiger partial charge in [-0.1, -0.05) is 5.16 Å². The van der Waals surface area contributed by atoms with Gasteiger partial charge < -0.3 is 14.7 Å². The van der Waals surface area contributed by atoms with Crippen molar-refractivity contribution in [3.8, 4) is 0 Å². The number of aromatic nitrogens is 2. The molecule has 0 saturated carbocycles. The molecule has 4 rings (SSSR count). The number of rotatable bonds is 2. The molecule has 1 N–H and O–H groups in total. The Balaban J connectivity index is 1.48. The number of hydrogen-bond donors (Lipinski definition) is 1. The van der Waals surface area contributed by atoms with E-state index in [1.165, 1.54) is 31.4 Å². The maximum Gasteiger partial charge on any atom is 0.244 e. The van der Waals surface area contributed by atoms with Crippen molar-refractivity contribution in [1.29, 1.82) is 0 Å². The zero-order valence-corrected chi connectivity index (χ0v) is 12.7. The van der Waals surface area contributed by atoms with Gasteiger partial charge in [0.05, 0.1) is 6.04 Å². The number of hydrogen-bond acceptors (Lipinski definition) is 6. The van der Waals surface area contributed by atoms with Crippen LogP contribution in [-0.4, -0.2) is 52.2 Å². The summed E-state index contributed by atoms with van der Waals surface area (Å²) in [5.74, 6) is 4.45. The van der Waals surface area contributed by atoms with Gasteiger partial charge in [-0.25, -0.2) is 0 Å². The zero-order chi connectivity index (χ0) is 13.5. The van der Waals surface area contributed by atoms with Crippen molar-refractivity contribution in [2.75, 3.05) is 25.1 Å². The van der Waals surface area contributed by atoms with Crippen LogP contribution in [0.15, 0.2) is 4.52 Å². The molecule has 3 aliphatic rings. The predicted molar refractivity (Wildman–Crippen MR) is 78.9 cm³/mol. The van der Waals surface area contributed by atoms with Gasteiger partial charge in [0.2, 0.25) is 5.89 Å². The number of nitrogens with zero attached hydrogens (tertiary/aromatic N) is 3. The van der Waals surface area contributed by atoms with Gasteiger partial charge in [0.1, 0.15) is 0 Å². The molecule has 3 atom stereocenters. The Morgan fingerprint density at radius 2 is 2.10 bits per heavy atom. The summed E-state index contributed by atoms with van der Waals surface area (Å²) < 4.78 is 5.52. The lowest BCUT2D eigenvalue weighted by Crippen LogP contribution is -2.39. The Morgan fingerprint density at radius 1 is 1.30 bits per heavy atom. The molecule has 1 aromatic rings. The van der Waals surface area contributed by atoms with Crippen LogP contribution < -0.4 is 5.32 Å². The van der Waals surface area contributed by atoms with Crippen molar-refractivity contribution in [3.05, 3.63) is 11.7 Å². The van der Waals surface area contributed by atoms with Gasteiger partial charge in [-0.3, -0.25) is 0 Å². The molecule has 0 radical (unpaired) electrons. The van der Waals surface area contributed by atoms with Crippen molar-refractivity contribution in [1.82, 2.24) is 20.4 Å². The molecule has 0 aliphatic carbocycles. The first kappa shape index (κ1) is 13.1. The second-order valence-corrected chi connectivity index (χ2v) is 7.44. The van der Waals surface area contributed by atoms with E-state index in [1.807, 2.05) is 11.8 Å². The minimum Gasteiger partial charge on any atom is -0.338 e. The Labute approximate surface area is 123 Å².